The Kier molecular flexibility index (Phi) is 3.15. The van der Waals surface area contributed by atoms with Crippen molar-refractivity contribution in [2.75, 3.05) is 6.79 Å². The van der Waals surface area contributed by atoms with Crippen molar-refractivity contribution in [2.24, 2.45) is 0 Å². The molecular weight excluding hydrogens is 296 g/mol. The summed E-state index contributed by atoms with van der Waals surface area (Å²) in [6, 6.07) is 10.7. The molecular formula is C17H14N2O4. The molecule has 4 rings (SSSR count). The van der Waals surface area contributed by atoms with Crippen LogP contribution in [0.4, 0.5) is 0 Å². The predicted octanol–water partition coefficient (Wildman–Crippen LogP) is 2.73. The number of nitrogens with zero attached hydrogens (tertiary/aromatic N) is 2. The Balaban J connectivity index is 1.54. The number of ether oxygens (including phenoxy) is 3. The summed E-state index contributed by atoms with van der Waals surface area (Å²) in [5.41, 5.74) is 2.96. The number of rotatable bonds is 3. The molecule has 2 aromatic heterocycles. The normalized spacial score (nSPS) is 12.6. The SMILES string of the molecule is Cc1nc2ccccn2c1COC(=O)c1ccc2c(c1)OCO2. The van der Waals surface area contributed by atoms with E-state index in [1.54, 1.807) is 18.2 Å². The second-order valence-electron chi connectivity index (χ2n) is 5.22. The number of carbonyl (C=O) groups excluding carboxylic acids is 1. The van der Waals surface area contributed by atoms with Crippen molar-refractivity contribution < 1.29 is 19.0 Å². The van der Waals surface area contributed by atoms with Crippen LogP contribution in [-0.4, -0.2) is 22.1 Å². The number of hydrogen-bond acceptors (Lipinski definition) is 5. The fraction of sp³-hybridized carbons (Fsp3) is 0.176. The first kappa shape index (κ1) is 13.6. The predicted molar refractivity (Wildman–Crippen MR) is 81.6 cm³/mol. The molecule has 3 aromatic rings. The van der Waals surface area contributed by atoms with E-state index in [2.05, 4.69) is 4.98 Å². The van der Waals surface area contributed by atoms with E-state index in [-0.39, 0.29) is 13.4 Å². The lowest BCUT2D eigenvalue weighted by Crippen LogP contribution is -2.07. The van der Waals surface area contributed by atoms with E-state index in [0.717, 1.165) is 17.0 Å². The Bertz CT molecular complexity index is 901. The molecule has 0 saturated carbocycles. The molecule has 6 nitrogen and oxygen atoms in total. The smallest absolute Gasteiger partial charge is 0.338 e. The second kappa shape index (κ2) is 5.31. The number of esters is 1. The second-order valence-corrected chi connectivity index (χ2v) is 5.22. The van der Waals surface area contributed by atoms with Crippen molar-refractivity contribution >= 4 is 11.6 Å². The van der Waals surface area contributed by atoms with Gasteiger partial charge in [0.05, 0.1) is 17.0 Å². The minimum atomic E-state index is -0.409. The van der Waals surface area contributed by atoms with Gasteiger partial charge in [-0.1, -0.05) is 6.07 Å². The first-order chi connectivity index (χ1) is 11.2. The maximum atomic E-state index is 12.2. The summed E-state index contributed by atoms with van der Waals surface area (Å²) in [4.78, 5) is 16.7. The van der Waals surface area contributed by atoms with Crippen LogP contribution < -0.4 is 9.47 Å². The summed E-state index contributed by atoms with van der Waals surface area (Å²) in [6.07, 6.45) is 1.90. The van der Waals surface area contributed by atoms with Gasteiger partial charge in [0.2, 0.25) is 6.79 Å². The fourth-order valence-electron chi connectivity index (χ4n) is 2.58. The van der Waals surface area contributed by atoms with Gasteiger partial charge in [0, 0.05) is 6.20 Å². The molecule has 0 atom stereocenters. The van der Waals surface area contributed by atoms with Crippen LogP contribution in [-0.2, 0) is 11.3 Å². The van der Waals surface area contributed by atoms with Crippen LogP contribution in [0, 0.1) is 6.92 Å². The van der Waals surface area contributed by atoms with Crippen molar-refractivity contribution in [3.05, 3.63) is 59.5 Å². The average molecular weight is 310 g/mol. The lowest BCUT2D eigenvalue weighted by atomic mass is 10.2. The van der Waals surface area contributed by atoms with Crippen molar-refractivity contribution in [3.63, 3.8) is 0 Å². The molecule has 3 heterocycles. The number of imidazole rings is 1. The van der Waals surface area contributed by atoms with E-state index in [9.17, 15) is 4.79 Å². The Morgan fingerprint density at radius 3 is 3.04 bits per heavy atom. The van der Waals surface area contributed by atoms with Gasteiger partial charge in [0.1, 0.15) is 12.3 Å². The highest BCUT2D eigenvalue weighted by atomic mass is 16.7. The zero-order chi connectivity index (χ0) is 15.8. The molecule has 116 valence electrons. The van der Waals surface area contributed by atoms with Crippen LogP contribution in [0.1, 0.15) is 21.7 Å². The molecule has 0 fully saturated rings. The summed E-state index contributed by atoms with van der Waals surface area (Å²) in [7, 11) is 0. The molecule has 6 heteroatoms. The van der Waals surface area contributed by atoms with Gasteiger partial charge < -0.3 is 18.6 Å². The van der Waals surface area contributed by atoms with Crippen LogP contribution in [0.3, 0.4) is 0 Å². The molecule has 0 N–H and O–H groups in total. The Morgan fingerprint density at radius 2 is 2.13 bits per heavy atom. The van der Waals surface area contributed by atoms with Crippen molar-refractivity contribution in [2.45, 2.75) is 13.5 Å². The molecule has 0 amide bonds. The Hall–Kier alpha value is -3.02. The molecule has 1 aromatic carbocycles. The van der Waals surface area contributed by atoms with Crippen molar-refractivity contribution in [1.29, 1.82) is 0 Å². The van der Waals surface area contributed by atoms with Gasteiger partial charge in [-0.15, -0.1) is 0 Å². The zero-order valence-corrected chi connectivity index (χ0v) is 12.5. The van der Waals surface area contributed by atoms with Gasteiger partial charge in [-0.05, 0) is 37.3 Å². The zero-order valence-electron chi connectivity index (χ0n) is 12.5. The third-order valence-corrected chi connectivity index (χ3v) is 3.78. The highest BCUT2D eigenvalue weighted by molar-refractivity contribution is 5.90. The maximum Gasteiger partial charge on any atom is 0.338 e. The van der Waals surface area contributed by atoms with E-state index < -0.39 is 5.97 Å². The van der Waals surface area contributed by atoms with Gasteiger partial charge in [-0.2, -0.15) is 0 Å². The van der Waals surface area contributed by atoms with Crippen molar-refractivity contribution in [1.82, 2.24) is 9.38 Å². The van der Waals surface area contributed by atoms with Crippen LogP contribution in [0.5, 0.6) is 11.5 Å². The summed E-state index contributed by atoms with van der Waals surface area (Å²) >= 11 is 0. The number of carbonyl (C=O) groups is 1. The highest BCUT2D eigenvalue weighted by Gasteiger charge is 2.18. The van der Waals surface area contributed by atoms with Gasteiger partial charge in [-0.25, -0.2) is 9.78 Å². The summed E-state index contributed by atoms with van der Waals surface area (Å²) in [5, 5.41) is 0. The minimum absolute atomic E-state index is 0.157. The number of pyridine rings is 1. The quantitative estimate of drug-likeness (QED) is 0.696. The Labute approximate surface area is 132 Å². The summed E-state index contributed by atoms with van der Waals surface area (Å²) in [6.45, 7) is 2.23. The van der Waals surface area contributed by atoms with Gasteiger partial charge in [0.15, 0.2) is 11.5 Å². The molecule has 0 spiro atoms. The van der Waals surface area contributed by atoms with E-state index in [0.29, 0.717) is 17.1 Å². The van der Waals surface area contributed by atoms with Crippen LogP contribution in [0.15, 0.2) is 42.6 Å². The standard InChI is InChI=1S/C17H14N2O4/c1-11-13(19-7-3-2-4-16(19)18-11)9-21-17(20)12-5-6-14-15(8-12)23-10-22-14/h2-8H,9-10H2,1H3. The van der Waals surface area contributed by atoms with E-state index >= 15 is 0 Å². The molecule has 1 aliphatic rings. The van der Waals surface area contributed by atoms with E-state index in [4.69, 9.17) is 14.2 Å². The number of aryl methyl sites for hydroxylation is 1. The van der Waals surface area contributed by atoms with Gasteiger partial charge in [0.25, 0.3) is 0 Å². The van der Waals surface area contributed by atoms with Crippen LogP contribution in [0.2, 0.25) is 0 Å². The third kappa shape index (κ3) is 2.38. The van der Waals surface area contributed by atoms with Crippen LogP contribution >= 0.6 is 0 Å². The lowest BCUT2D eigenvalue weighted by Gasteiger charge is -2.06. The molecule has 0 aliphatic carbocycles. The first-order valence-electron chi connectivity index (χ1n) is 7.22. The topological polar surface area (TPSA) is 62.1 Å². The highest BCUT2D eigenvalue weighted by Crippen LogP contribution is 2.32. The number of aromatic nitrogens is 2. The number of fused-ring (bicyclic) bond motifs is 2. The number of benzene rings is 1. The minimum Gasteiger partial charge on any atom is -0.456 e. The van der Waals surface area contributed by atoms with Crippen LogP contribution in [0.25, 0.3) is 5.65 Å². The largest absolute Gasteiger partial charge is 0.456 e. The van der Waals surface area contributed by atoms with Gasteiger partial charge in [-0.3, -0.25) is 0 Å². The van der Waals surface area contributed by atoms with Gasteiger partial charge >= 0.3 is 5.97 Å². The van der Waals surface area contributed by atoms with E-state index in [1.165, 1.54) is 0 Å². The molecule has 0 radical (unpaired) electrons. The molecule has 23 heavy (non-hydrogen) atoms. The maximum absolute atomic E-state index is 12.2. The third-order valence-electron chi connectivity index (χ3n) is 3.78. The lowest BCUT2D eigenvalue weighted by molar-refractivity contribution is 0.0466. The van der Waals surface area contributed by atoms with E-state index in [1.807, 2.05) is 35.7 Å². The average Bonchev–Trinajstić information content (AvgIpc) is 3.15. The molecule has 0 unspecified atom stereocenters. The molecule has 0 bridgehead atoms. The Morgan fingerprint density at radius 1 is 1.26 bits per heavy atom. The van der Waals surface area contributed by atoms with Crippen molar-refractivity contribution in [3.8, 4) is 11.5 Å². The number of hydrogen-bond donors (Lipinski definition) is 0. The first-order valence-corrected chi connectivity index (χ1v) is 7.22. The summed E-state index contributed by atoms with van der Waals surface area (Å²) < 4.78 is 17.8. The molecule has 0 saturated heterocycles. The monoisotopic (exact) mass is 310 g/mol. The summed E-state index contributed by atoms with van der Waals surface area (Å²) in [5.74, 6) is 0.790. The fourth-order valence-corrected chi connectivity index (χ4v) is 2.58. The molecule has 1 aliphatic heterocycles.